The molecule has 3 heteroatoms. The number of nitrogens with one attached hydrogen (secondary N) is 1. The van der Waals surface area contributed by atoms with Crippen LogP contribution in [0, 0.1) is 0 Å². The first-order valence-corrected chi connectivity index (χ1v) is 6.57. The van der Waals surface area contributed by atoms with Crippen LogP contribution in [0.2, 0.25) is 5.02 Å². The largest absolute Gasteiger partial charge is 0.387 e. The molecule has 2 nitrogen and oxygen atoms in total. The summed E-state index contributed by atoms with van der Waals surface area (Å²) in [6, 6.07) is 7.61. The topological polar surface area (TPSA) is 32.3 Å². The van der Waals surface area contributed by atoms with Crippen molar-refractivity contribution in [3.8, 4) is 0 Å². The molecule has 0 aliphatic carbocycles. The van der Waals surface area contributed by atoms with Gasteiger partial charge in [-0.3, -0.25) is 0 Å². The zero-order valence-corrected chi connectivity index (χ0v) is 11.2. The van der Waals surface area contributed by atoms with Gasteiger partial charge in [0.25, 0.3) is 0 Å². The molecule has 1 heterocycles. The molecule has 2 atom stereocenters. The van der Waals surface area contributed by atoms with Crippen molar-refractivity contribution in [2.75, 3.05) is 0 Å². The van der Waals surface area contributed by atoms with E-state index in [9.17, 15) is 5.11 Å². The molecule has 1 aliphatic rings. The molecule has 1 aliphatic heterocycles. The van der Waals surface area contributed by atoms with Crippen molar-refractivity contribution in [3.05, 3.63) is 34.9 Å². The zero-order chi connectivity index (χ0) is 12.5. The number of rotatable bonds is 2. The van der Waals surface area contributed by atoms with Crippen molar-refractivity contribution in [1.82, 2.24) is 5.32 Å². The third kappa shape index (κ3) is 3.21. The number of aliphatic hydroxyl groups excluding tert-OH is 1. The van der Waals surface area contributed by atoms with Crippen LogP contribution in [0.1, 0.15) is 44.8 Å². The average molecular weight is 254 g/mol. The van der Waals surface area contributed by atoms with Crippen molar-refractivity contribution in [2.24, 2.45) is 0 Å². The van der Waals surface area contributed by atoms with E-state index in [1.165, 1.54) is 0 Å². The fraction of sp³-hybridized carbons (Fsp3) is 0.571. The van der Waals surface area contributed by atoms with Crippen LogP contribution >= 0.6 is 11.6 Å². The fourth-order valence-electron chi connectivity index (χ4n) is 2.57. The van der Waals surface area contributed by atoms with Crippen molar-refractivity contribution in [3.63, 3.8) is 0 Å². The second-order valence-corrected chi connectivity index (χ2v) is 5.96. The summed E-state index contributed by atoms with van der Waals surface area (Å²) < 4.78 is 0. The van der Waals surface area contributed by atoms with E-state index >= 15 is 0 Å². The van der Waals surface area contributed by atoms with Gasteiger partial charge in [0.15, 0.2) is 0 Å². The molecule has 1 unspecified atom stereocenters. The maximum absolute atomic E-state index is 10.4. The molecule has 2 rings (SSSR count). The molecule has 0 spiro atoms. The highest BCUT2D eigenvalue weighted by molar-refractivity contribution is 6.30. The monoisotopic (exact) mass is 253 g/mol. The molecule has 1 aromatic carbocycles. The Bertz CT molecular complexity index is 392. The predicted octanol–water partition coefficient (Wildman–Crippen LogP) is 3.29. The number of hydrogen-bond donors (Lipinski definition) is 2. The van der Waals surface area contributed by atoms with E-state index in [4.69, 9.17) is 11.6 Å². The van der Waals surface area contributed by atoms with Crippen molar-refractivity contribution in [1.29, 1.82) is 0 Å². The van der Waals surface area contributed by atoms with Crippen LogP contribution in [-0.2, 0) is 0 Å². The Morgan fingerprint density at radius 2 is 2.24 bits per heavy atom. The van der Waals surface area contributed by atoms with E-state index in [0.717, 1.165) is 24.8 Å². The second kappa shape index (κ2) is 4.97. The van der Waals surface area contributed by atoms with Crippen LogP contribution in [0.5, 0.6) is 0 Å². The van der Waals surface area contributed by atoms with Gasteiger partial charge in [0.05, 0.1) is 6.10 Å². The molecule has 0 radical (unpaired) electrons. The molecule has 1 aromatic rings. The summed E-state index contributed by atoms with van der Waals surface area (Å²) in [5.41, 5.74) is 1.01. The van der Waals surface area contributed by atoms with E-state index in [1.807, 2.05) is 24.3 Å². The Morgan fingerprint density at radius 3 is 2.88 bits per heavy atom. The molecule has 1 fully saturated rings. The first kappa shape index (κ1) is 12.9. The fourth-order valence-corrected chi connectivity index (χ4v) is 2.77. The van der Waals surface area contributed by atoms with Crippen LogP contribution in [0.4, 0.5) is 0 Å². The van der Waals surface area contributed by atoms with E-state index in [1.54, 1.807) is 0 Å². The Hall–Kier alpha value is -0.570. The van der Waals surface area contributed by atoms with Gasteiger partial charge in [0.2, 0.25) is 0 Å². The Labute approximate surface area is 108 Å². The normalized spacial score (nSPS) is 25.5. The van der Waals surface area contributed by atoms with Gasteiger partial charge < -0.3 is 10.4 Å². The van der Waals surface area contributed by atoms with Gasteiger partial charge in [-0.25, -0.2) is 0 Å². The number of halogens is 1. The van der Waals surface area contributed by atoms with Crippen molar-refractivity contribution < 1.29 is 5.11 Å². The summed E-state index contributed by atoms with van der Waals surface area (Å²) in [4.78, 5) is 0. The standard InChI is InChI=1S/C14H20ClNO/c1-14(2)8-4-7-12(16-14)13(17)10-5-3-6-11(15)9-10/h3,5-6,9,12-13,16-17H,4,7-8H2,1-2H3/t12-,13?/m0/s1. The van der Waals surface area contributed by atoms with E-state index in [2.05, 4.69) is 19.2 Å². The number of benzene rings is 1. The minimum Gasteiger partial charge on any atom is -0.387 e. The first-order valence-electron chi connectivity index (χ1n) is 6.19. The van der Waals surface area contributed by atoms with Gasteiger partial charge >= 0.3 is 0 Å². The molecule has 0 aromatic heterocycles. The second-order valence-electron chi connectivity index (χ2n) is 5.53. The smallest absolute Gasteiger partial charge is 0.0943 e. The number of hydrogen-bond acceptors (Lipinski definition) is 2. The molecule has 0 saturated carbocycles. The van der Waals surface area contributed by atoms with Gasteiger partial charge in [-0.15, -0.1) is 0 Å². The summed E-state index contributed by atoms with van der Waals surface area (Å²) in [5, 5.41) is 14.6. The number of aliphatic hydroxyl groups is 1. The number of piperidine rings is 1. The molecular weight excluding hydrogens is 234 g/mol. The summed E-state index contributed by atoms with van der Waals surface area (Å²) >= 11 is 5.95. The van der Waals surface area contributed by atoms with Crippen LogP contribution < -0.4 is 5.32 Å². The van der Waals surface area contributed by atoms with E-state index < -0.39 is 6.10 Å². The van der Waals surface area contributed by atoms with Crippen LogP contribution in [-0.4, -0.2) is 16.7 Å². The lowest BCUT2D eigenvalue weighted by Crippen LogP contribution is -2.51. The van der Waals surface area contributed by atoms with Crippen LogP contribution in [0.25, 0.3) is 0 Å². The maximum atomic E-state index is 10.4. The van der Waals surface area contributed by atoms with E-state index in [0.29, 0.717) is 5.02 Å². The van der Waals surface area contributed by atoms with Gasteiger partial charge in [-0.2, -0.15) is 0 Å². The third-order valence-corrected chi connectivity index (χ3v) is 3.70. The van der Waals surface area contributed by atoms with Gasteiger partial charge in [0.1, 0.15) is 0 Å². The Morgan fingerprint density at radius 1 is 1.47 bits per heavy atom. The minimum absolute atomic E-state index is 0.114. The lowest BCUT2D eigenvalue weighted by atomic mass is 9.86. The van der Waals surface area contributed by atoms with Gasteiger partial charge in [-0.05, 0) is 50.8 Å². The lowest BCUT2D eigenvalue weighted by Gasteiger charge is -2.39. The molecule has 94 valence electrons. The summed E-state index contributed by atoms with van der Waals surface area (Å²) in [6.45, 7) is 4.37. The van der Waals surface area contributed by atoms with Crippen molar-refractivity contribution >= 4 is 11.6 Å². The average Bonchev–Trinajstić information content (AvgIpc) is 2.26. The van der Waals surface area contributed by atoms with Crippen LogP contribution in [0.15, 0.2) is 24.3 Å². The van der Waals surface area contributed by atoms with Crippen molar-refractivity contribution in [2.45, 2.75) is 50.8 Å². The molecule has 2 N–H and O–H groups in total. The molecule has 1 saturated heterocycles. The summed E-state index contributed by atoms with van der Waals surface area (Å²) in [7, 11) is 0. The van der Waals surface area contributed by atoms with Crippen LogP contribution in [0.3, 0.4) is 0 Å². The SMILES string of the molecule is CC1(C)CCC[C@@H](C(O)c2cccc(Cl)c2)N1. The minimum atomic E-state index is -0.478. The van der Waals surface area contributed by atoms with E-state index in [-0.39, 0.29) is 11.6 Å². The quantitative estimate of drug-likeness (QED) is 0.848. The summed E-state index contributed by atoms with van der Waals surface area (Å²) in [5.74, 6) is 0. The lowest BCUT2D eigenvalue weighted by molar-refractivity contribution is 0.0844. The Kier molecular flexibility index (Phi) is 3.76. The van der Waals surface area contributed by atoms with Gasteiger partial charge in [0, 0.05) is 16.6 Å². The maximum Gasteiger partial charge on any atom is 0.0943 e. The predicted molar refractivity (Wildman–Crippen MR) is 71.3 cm³/mol. The first-order chi connectivity index (χ1) is 7.98. The molecule has 0 amide bonds. The highest BCUT2D eigenvalue weighted by atomic mass is 35.5. The molecular formula is C14H20ClNO. The Balaban J connectivity index is 2.12. The summed E-state index contributed by atoms with van der Waals surface area (Å²) in [6.07, 6.45) is 2.85. The highest BCUT2D eigenvalue weighted by Crippen LogP contribution is 2.29. The highest BCUT2D eigenvalue weighted by Gasteiger charge is 2.31. The third-order valence-electron chi connectivity index (χ3n) is 3.46. The van der Waals surface area contributed by atoms with Gasteiger partial charge in [-0.1, -0.05) is 23.7 Å². The molecule has 17 heavy (non-hydrogen) atoms. The molecule has 0 bridgehead atoms. The zero-order valence-electron chi connectivity index (χ0n) is 10.4.